The minimum Gasteiger partial charge on any atom is -0.206 e. The Morgan fingerprint density at radius 2 is 0.700 bits per heavy atom. The van der Waals surface area contributed by atoms with Crippen LogP contribution < -0.4 is 0 Å². The summed E-state index contributed by atoms with van der Waals surface area (Å²) in [6, 6.07) is 0. The van der Waals surface area contributed by atoms with Crippen LogP contribution in [0.4, 0.5) is 35.1 Å². The zero-order chi connectivity index (χ0) is 17.0. The molecule has 0 radical (unpaired) electrons. The number of alkyl halides is 8. The molecule has 16 heteroatoms. The van der Waals surface area contributed by atoms with Gasteiger partial charge in [0.05, 0.1) is 0 Å². The Hall–Kier alpha value is -0.0800. The lowest BCUT2D eigenvalue weighted by Crippen LogP contribution is -2.65. The molecule has 0 aliphatic heterocycles. The van der Waals surface area contributed by atoms with E-state index in [1.807, 2.05) is 0 Å². The van der Waals surface area contributed by atoms with Gasteiger partial charge in [-0.15, -0.1) is 0 Å². The molecular formula is C4Cl2F8O4S2. The van der Waals surface area contributed by atoms with Gasteiger partial charge in [-0.2, -0.15) is 35.1 Å². The van der Waals surface area contributed by atoms with Gasteiger partial charge in [0.2, 0.25) is 0 Å². The summed E-state index contributed by atoms with van der Waals surface area (Å²) < 4.78 is 142. The van der Waals surface area contributed by atoms with Gasteiger partial charge in [0.25, 0.3) is 0 Å². The van der Waals surface area contributed by atoms with Gasteiger partial charge < -0.3 is 0 Å². The van der Waals surface area contributed by atoms with Crippen molar-refractivity contribution in [3.05, 3.63) is 0 Å². The first kappa shape index (κ1) is 19.9. The van der Waals surface area contributed by atoms with E-state index < -0.39 is 40.5 Å². The number of hydrogen-bond donors (Lipinski definition) is 0. The van der Waals surface area contributed by atoms with E-state index in [1.165, 1.54) is 0 Å². The van der Waals surface area contributed by atoms with Gasteiger partial charge in [-0.05, 0) is 0 Å². The fraction of sp³-hybridized carbons (Fsp3) is 1.00. The Balaban J connectivity index is 6.37. The highest BCUT2D eigenvalue weighted by atomic mass is 35.7. The molecule has 0 heterocycles. The summed E-state index contributed by atoms with van der Waals surface area (Å²) in [5.74, 6) is -14.8. The molecule has 0 spiro atoms. The highest BCUT2D eigenvalue weighted by Crippen LogP contribution is 2.56. The van der Waals surface area contributed by atoms with Crippen LogP contribution in [0.5, 0.6) is 0 Å². The van der Waals surface area contributed by atoms with Gasteiger partial charge >= 0.3 is 40.5 Å². The van der Waals surface area contributed by atoms with Crippen molar-refractivity contribution in [2.45, 2.75) is 22.4 Å². The molecule has 0 atom stereocenters. The molecule has 0 aliphatic rings. The smallest absolute Gasteiger partial charge is 0.206 e. The minimum atomic E-state index is -7.38. The molecule has 0 rings (SSSR count). The quantitative estimate of drug-likeness (QED) is 0.527. The van der Waals surface area contributed by atoms with Gasteiger partial charge in [-0.3, -0.25) is 0 Å². The predicted molar refractivity (Wildman–Crippen MR) is 49.3 cm³/mol. The third kappa shape index (κ3) is 2.54. The molecule has 0 aliphatic carbocycles. The minimum absolute atomic E-state index is 3.76. The maximum Gasteiger partial charge on any atom is 0.427 e. The largest absolute Gasteiger partial charge is 0.427 e. The molecule has 122 valence electrons. The first-order valence-electron chi connectivity index (χ1n) is 3.65. The average Bonchev–Trinajstić information content (AvgIpc) is 2.12. The number of halogens is 10. The van der Waals surface area contributed by atoms with E-state index in [-0.39, 0.29) is 0 Å². The van der Waals surface area contributed by atoms with Crippen LogP contribution in [0, 0.1) is 0 Å². The van der Waals surface area contributed by atoms with Crippen molar-refractivity contribution in [1.82, 2.24) is 0 Å². The van der Waals surface area contributed by atoms with Crippen molar-refractivity contribution in [2.24, 2.45) is 0 Å². The number of rotatable bonds is 5. The molecule has 0 N–H and O–H groups in total. The second-order valence-electron chi connectivity index (χ2n) is 3.06. The molecule has 0 aromatic rings. The zero-order valence-electron chi connectivity index (χ0n) is 8.23. The topological polar surface area (TPSA) is 68.3 Å². The highest BCUT2D eigenvalue weighted by Gasteiger charge is 2.87. The van der Waals surface area contributed by atoms with E-state index in [1.54, 1.807) is 0 Å². The molecule has 20 heavy (non-hydrogen) atoms. The Bertz CT molecular complexity index is 542. The van der Waals surface area contributed by atoms with E-state index in [4.69, 9.17) is 0 Å². The molecule has 0 saturated heterocycles. The van der Waals surface area contributed by atoms with Gasteiger partial charge in [0, 0.05) is 21.4 Å². The molecular weight excluding hydrogens is 399 g/mol. The van der Waals surface area contributed by atoms with E-state index in [0.717, 1.165) is 0 Å². The molecule has 0 fully saturated rings. The standard InChI is InChI=1S/C4Cl2F8O4S2/c5-19(15,16)3(11,12)1(7,8)2(9,10)4(13,14)20(6,17)18. The highest BCUT2D eigenvalue weighted by molar-refractivity contribution is 8.15. The fourth-order valence-corrected chi connectivity index (χ4v) is 2.12. The molecule has 0 bridgehead atoms. The average molecular weight is 399 g/mol. The summed E-state index contributed by atoms with van der Waals surface area (Å²) in [6.45, 7) is 0. The van der Waals surface area contributed by atoms with Crippen LogP contribution in [0.3, 0.4) is 0 Å². The van der Waals surface area contributed by atoms with Crippen LogP contribution in [0.1, 0.15) is 0 Å². The summed E-state index contributed by atoms with van der Waals surface area (Å²) in [6.07, 6.45) is 0. The third-order valence-electron chi connectivity index (χ3n) is 1.74. The number of hydrogen-bond acceptors (Lipinski definition) is 4. The molecule has 0 unspecified atom stereocenters. The first-order chi connectivity index (χ1) is 8.25. The van der Waals surface area contributed by atoms with E-state index in [2.05, 4.69) is 21.4 Å². The van der Waals surface area contributed by atoms with Crippen LogP contribution >= 0.6 is 21.4 Å². The SMILES string of the molecule is O=S(=O)(Cl)C(F)(F)C(F)(F)C(F)(F)C(F)(F)S(=O)(=O)Cl. The lowest BCUT2D eigenvalue weighted by Gasteiger charge is -2.33. The Labute approximate surface area is 114 Å². The van der Waals surface area contributed by atoms with Gasteiger partial charge in [-0.25, -0.2) is 16.8 Å². The van der Waals surface area contributed by atoms with E-state index in [9.17, 15) is 52.0 Å². The van der Waals surface area contributed by atoms with Crippen molar-refractivity contribution in [3.8, 4) is 0 Å². The Morgan fingerprint density at radius 3 is 0.800 bits per heavy atom. The molecule has 0 saturated carbocycles. The summed E-state index contributed by atoms with van der Waals surface area (Å²) in [4.78, 5) is 0. The fourth-order valence-electron chi connectivity index (χ4n) is 0.672. The molecule has 0 aromatic carbocycles. The van der Waals surface area contributed by atoms with Crippen LogP contribution in [-0.2, 0) is 18.1 Å². The monoisotopic (exact) mass is 398 g/mol. The van der Waals surface area contributed by atoms with Gasteiger partial charge in [0.1, 0.15) is 0 Å². The van der Waals surface area contributed by atoms with Crippen LogP contribution in [0.15, 0.2) is 0 Å². The van der Waals surface area contributed by atoms with Crippen LogP contribution in [0.25, 0.3) is 0 Å². The second-order valence-corrected chi connectivity index (χ2v) is 8.27. The van der Waals surface area contributed by atoms with Crippen molar-refractivity contribution in [3.63, 3.8) is 0 Å². The van der Waals surface area contributed by atoms with Crippen molar-refractivity contribution >= 4 is 39.5 Å². The van der Waals surface area contributed by atoms with Gasteiger partial charge in [0.15, 0.2) is 0 Å². The molecule has 0 aromatic heterocycles. The normalized spacial score (nSPS) is 16.3. The van der Waals surface area contributed by atoms with E-state index in [0.29, 0.717) is 0 Å². The first-order valence-corrected chi connectivity index (χ1v) is 8.26. The predicted octanol–water partition coefficient (Wildman–Crippen LogP) is 2.58. The summed E-state index contributed by atoms with van der Waals surface area (Å²) in [5, 5.41) is -13.8. The maximum atomic E-state index is 12.7. The molecule has 0 amide bonds. The maximum absolute atomic E-state index is 12.7. The molecule has 4 nitrogen and oxygen atoms in total. The summed E-state index contributed by atoms with van der Waals surface area (Å²) in [7, 11) is -6.10. The second kappa shape index (κ2) is 4.71. The third-order valence-corrected chi connectivity index (χ3v) is 4.64. The van der Waals surface area contributed by atoms with Crippen LogP contribution in [0.2, 0.25) is 0 Å². The van der Waals surface area contributed by atoms with Gasteiger partial charge in [-0.1, -0.05) is 0 Å². The Morgan fingerprint density at radius 1 is 0.550 bits per heavy atom. The zero-order valence-corrected chi connectivity index (χ0v) is 11.4. The van der Waals surface area contributed by atoms with E-state index >= 15 is 0 Å². The van der Waals surface area contributed by atoms with Crippen molar-refractivity contribution < 1.29 is 52.0 Å². The summed E-state index contributed by atoms with van der Waals surface area (Å²) >= 11 is 0. The lowest BCUT2D eigenvalue weighted by atomic mass is 10.2. The Kier molecular flexibility index (Phi) is 4.69. The lowest BCUT2D eigenvalue weighted by molar-refractivity contribution is -0.325. The summed E-state index contributed by atoms with van der Waals surface area (Å²) in [5.41, 5.74) is 0. The van der Waals surface area contributed by atoms with Crippen LogP contribution in [-0.4, -0.2) is 39.2 Å². The van der Waals surface area contributed by atoms with Crippen molar-refractivity contribution in [1.29, 1.82) is 0 Å². The van der Waals surface area contributed by atoms with Crippen molar-refractivity contribution in [2.75, 3.05) is 0 Å².